The number of alkyl halides is 3. The van der Waals surface area contributed by atoms with E-state index >= 15 is 0 Å². The highest BCUT2D eigenvalue weighted by atomic mass is 32.1. The summed E-state index contributed by atoms with van der Waals surface area (Å²) in [6.07, 6.45) is -0.847. The molecule has 4 nitrogen and oxygen atoms in total. The van der Waals surface area contributed by atoms with Gasteiger partial charge in [0.25, 0.3) is 5.91 Å². The zero-order chi connectivity index (χ0) is 18.0. The fourth-order valence-corrected chi connectivity index (χ4v) is 3.96. The first kappa shape index (κ1) is 17.7. The summed E-state index contributed by atoms with van der Waals surface area (Å²) in [5, 5.41) is 0.739. The topological polar surface area (TPSA) is 59.2 Å². The molecule has 0 atom stereocenters. The molecule has 2 aromatic rings. The van der Waals surface area contributed by atoms with Crippen LogP contribution in [0.25, 0.3) is 0 Å². The largest absolute Gasteiger partial charge is 0.416 e. The number of aromatic nitrogens is 1. The molecule has 25 heavy (non-hydrogen) atoms. The van der Waals surface area contributed by atoms with Crippen LogP contribution in [0.5, 0.6) is 0 Å². The van der Waals surface area contributed by atoms with Crippen LogP contribution in [0.4, 0.5) is 18.3 Å². The van der Waals surface area contributed by atoms with Gasteiger partial charge >= 0.3 is 6.18 Å². The van der Waals surface area contributed by atoms with Crippen molar-refractivity contribution in [2.75, 3.05) is 18.0 Å². The van der Waals surface area contributed by atoms with Crippen LogP contribution in [0, 0.1) is 5.92 Å². The standard InChI is InChI=1S/C17H18F3N3OS/c18-17(19,20)13-4-2-1-3-12(13)9-11-5-7-23(8-6-11)16-22-10-14(25-16)15(21)24/h1-4,10-11H,5-9H2,(H2,21,24). The van der Waals surface area contributed by atoms with E-state index in [-0.39, 0.29) is 5.92 Å². The summed E-state index contributed by atoms with van der Waals surface area (Å²) in [5.41, 5.74) is 5.06. The van der Waals surface area contributed by atoms with Gasteiger partial charge in [-0.3, -0.25) is 4.79 Å². The predicted molar refractivity (Wildman–Crippen MR) is 90.7 cm³/mol. The Bertz CT molecular complexity index is 752. The number of hydrogen-bond donors (Lipinski definition) is 1. The molecule has 1 aromatic carbocycles. The molecule has 134 valence electrons. The van der Waals surface area contributed by atoms with Crippen LogP contribution in [0.1, 0.15) is 33.6 Å². The first-order chi connectivity index (χ1) is 11.8. The summed E-state index contributed by atoms with van der Waals surface area (Å²) in [7, 11) is 0. The fraction of sp³-hybridized carbons (Fsp3) is 0.412. The van der Waals surface area contributed by atoms with Crippen molar-refractivity contribution in [1.29, 1.82) is 0 Å². The van der Waals surface area contributed by atoms with Gasteiger partial charge in [-0.2, -0.15) is 13.2 Å². The average Bonchev–Trinajstić information content (AvgIpc) is 3.05. The van der Waals surface area contributed by atoms with Crippen molar-refractivity contribution in [3.63, 3.8) is 0 Å². The monoisotopic (exact) mass is 369 g/mol. The van der Waals surface area contributed by atoms with Crippen LogP contribution in [0.2, 0.25) is 0 Å². The van der Waals surface area contributed by atoms with Crippen molar-refractivity contribution >= 4 is 22.4 Å². The lowest BCUT2D eigenvalue weighted by atomic mass is 9.88. The molecule has 1 aliphatic heterocycles. The molecule has 0 unspecified atom stereocenters. The van der Waals surface area contributed by atoms with Gasteiger partial charge in [0.2, 0.25) is 0 Å². The predicted octanol–water partition coefficient (Wildman–Crippen LogP) is 3.72. The van der Waals surface area contributed by atoms with Gasteiger partial charge in [0.05, 0.1) is 11.8 Å². The summed E-state index contributed by atoms with van der Waals surface area (Å²) in [4.78, 5) is 17.8. The highest BCUT2D eigenvalue weighted by Gasteiger charge is 2.33. The van der Waals surface area contributed by atoms with Gasteiger partial charge in [0, 0.05) is 13.1 Å². The Hall–Kier alpha value is -2.09. The minimum atomic E-state index is -4.32. The maximum Gasteiger partial charge on any atom is 0.416 e. The van der Waals surface area contributed by atoms with E-state index in [9.17, 15) is 18.0 Å². The Morgan fingerprint density at radius 1 is 1.28 bits per heavy atom. The van der Waals surface area contributed by atoms with E-state index in [1.165, 1.54) is 23.6 Å². The highest BCUT2D eigenvalue weighted by molar-refractivity contribution is 7.17. The van der Waals surface area contributed by atoms with E-state index in [1.807, 2.05) is 0 Å². The van der Waals surface area contributed by atoms with Crippen molar-refractivity contribution in [2.24, 2.45) is 11.7 Å². The molecular weight excluding hydrogens is 351 g/mol. The highest BCUT2D eigenvalue weighted by Crippen LogP contribution is 2.35. The number of carbonyl (C=O) groups excluding carboxylic acids is 1. The summed E-state index contributed by atoms with van der Waals surface area (Å²) < 4.78 is 39.3. The van der Waals surface area contributed by atoms with Crippen LogP contribution in [0.15, 0.2) is 30.5 Å². The third kappa shape index (κ3) is 4.12. The number of thiazole rings is 1. The first-order valence-electron chi connectivity index (χ1n) is 8.00. The van der Waals surface area contributed by atoms with Crippen LogP contribution in [0.3, 0.4) is 0 Å². The second-order valence-electron chi connectivity index (χ2n) is 6.16. The molecule has 2 N–H and O–H groups in total. The van der Waals surface area contributed by atoms with E-state index in [4.69, 9.17) is 5.73 Å². The van der Waals surface area contributed by atoms with Gasteiger partial charge in [-0.05, 0) is 36.8 Å². The van der Waals surface area contributed by atoms with Gasteiger partial charge in [-0.25, -0.2) is 4.98 Å². The molecule has 3 rings (SSSR count). The first-order valence-corrected chi connectivity index (χ1v) is 8.82. The summed E-state index contributed by atoms with van der Waals surface area (Å²) >= 11 is 1.25. The molecule has 0 radical (unpaired) electrons. The van der Waals surface area contributed by atoms with Crippen molar-refractivity contribution < 1.29 is 18.0 Å². The maximum absolute atomic E-state index is 13.1. The Balaban J connectivity index is 1.62. The van der Waals surface area contributed by atoms with Gasteiger partial charge in [0.1, 0.15) is 4.88 Å². The number of nitrogens with two attached hydrogens (primary N) is 1. The fourth-order valence-electron chi connectivity index (χ4n) is 3.14. The molecule has 1 fully saturated rings. The Labute approximate surface area is 147 Å². The molecule has 1 saturated heterocycles. The molecule has 0 saturated carbocycles. The van der Waals surface area contributed by atoms with Gasteiger partial charge in [-0.1, -0.05) is 29.5 Å². The van der Waals surface area contributed by atoms with Gasteiger partial charge in [-0.15, -0.1) is 0 Å². The molecule has 2 heterocycles. The van der Waals surface area contributed by atoms with Crippen molar-refractivity contribution in [1.82, 2.24) is 4.98 Å². The third-order valence-corrected chi connectivity index (χ3v) is 5.53. The summed E-state index contributed by atoms with van der Waals surface area (Å²) in [6.45, 7) is 1.43. The molecule has 0 bridgehead atoms. The number of carbonyl (C=O) groups is 1. The van der Waals surface area contributed by atoms with E-state index in [0.29, 0.717) is 30.0 Å². The summed E-state index contributed by atoms with van der Waals surface area (Å²) in [5.74, 6) is -0.294. The molecule has 1 aromatic heterocycles. The second-order valence-corrected chi connectivity index (χ2v) is 7.17. The van der Waals surface area contributed by atoms with E-state index in [2.05, 4.69) is 9.88 Å². The second kappa shape index (κ2) is 7.03. The summed E-state index contributed by atoms with van der Waals surface area (Å²) in [6, 6.07) is 5.79. The number of hydrogen-bond acceptors (Lipinski definition) is 4. The SMILES string of the molecule is NC(=O)c1cnc(N2CCC(Cc3ccccc3C(F)(F)F)CC2)s1. The number of piperidine rings is 1. The number of halogens is 3. The third-order valence-electron chi connectivity index (χ3n) is 4.45. The minimum absolute atomic E-state index is 0.204. The van der Waals surface area contributed by atoms with Crippen molar-refractivity contribution in [3.8, 4) is 0 Å². The number of rotatable bonds is 4. The zero-order valence-electron chi connectivity index (χ0n) is 13.4. The lowest BCUT2D eigenvalue weighted by molar-refractivity contribution is -0.138. The number of primary amides is 1. The normalized spacial score (nSPS) is 16.2. The van der Waals surface area contributed by atoms with E-state index < -0.39 is 17.6 Å². The molecular formula is C17H18F3N3OS. The van der Waals surface area contributed by atoms with Gasteiger partial charge < -0.3 is 10.6 Å². The number of amides is 1. The Morgan fingerprint density at radius 3 is 2.56 bits per heavy atom. The lowest BCUT2D eigenvalue weighted by Crippen LogP contribution is -2.34. The minimum Gasteiger partial charge on any atom is -0.365 e. The van der Waals surface area contributed by atoms with Crippen LogP contribution < -0.4 is 10.6 Å². The van der Waals surface area contributed by atoms with E-state index in [0.717, 1.165) is 24.0 Å². The van der Waals surface area contributed by atoms with Gasteiger partial charge in [0.15, 0.2) is 5.13 Å². The molecule has 0 spiro atoms. The molecule has 1 aliphatic rings. The number of benzene rings is 1. The number of nitrogens with zero attached hydrogens (tertiary/aromatic N) is 2. The average molecular weight is 369 g/mol. The van der Waals surface area contributed by atoms with Crippen molar-refractivity contribution in [2.45, 2.75) is 25.4 Å². The lowest BCUT2D eigenvalue weighted by Gasteiger charge is -2.32. The Morgan fingerprint density at radius 2 is 1.96 bits per heavy atom. The quantitative estimate of drug-likeness (QED) is 0.894. The van der Waals surface area contributed by atoms with Crippen molar-refractivity contribution in [3.05, 3.63) is 46.5 Å². The molecule has 8 heteroatoms. The van der Waals surface area contributed by atoms with Crippen LogP contribution >= 0.6 is 11.3 Å². The van der Waals surface area contributed by atoms with E-state index in [1.54, 1.807) is 12.1 Å². The van der Waals surface area contributed by atoms with Crippen LogP contribution in [-0.2, 0) is 12.6 Å². The number of anilines is 1. The molecule has 0 aliphatic carbocycles. The van der Waals surface area contributed by atoms with Crippen LogP contribution in [-0.4, -0.2) is 24.0 Å². The molecule has 1 amide bonds. The smallest absolute Gasteiger partial charge is 0.365 e. The zero-order valence-corrected chi connectivity index (χ0v) is 14.2. The Kier molecular flexibility index (Phi) is 4.99. The maximum atomic E-state index is 13.1.